The van der Waals surface area contributed by atoms with E-state index >= 15 is 0 Å². The number of carboxylic acids is 1. The van der Waals surface area contributed by atoms with Crippen LogP contribution in [0.25, 0.3) is 0 Å². The second-order valence-corrected chi connectivity index (χ2v) is 8.18. The van der Waals surface area contributed by atoms with Gasteiger partial charge in [-0.2, -0.15) is 0 Å². The first-order valence-electron chi connectivity index (χ1n) is 11.7. The van der Waals surface area contributed by atoms with Crippen molar-refractivity contribution in [1.29, 1.82) is 0 Å². The van der Waals surface area contributed by atoms with E-state index in [0.717, 1.165) is 38.5 Å². The molecule has 0 aliphatic heterocycles. The van der Waals surface area contributed by atoms with Crippen molar-refractivity contribution in [1.82, 2.24) is 10.6 Å². The molecule has 0 aliphatic rings. The third-order valence-electron chi connectivity index (χ3n) is 5.24. The van der Waals surface area contributed by atoms with E-state index in [1.54, 1.807) is 6.92 Å². The zero-order valence-electron chi connectivity index (χ0n) is 19.5. The molecule has 0 aromatic heterocycles. The molecule has 0 rings (SSSR count). The number of amides is 2. The molecule has 2 atom stereocenters. The van der Waals surface area contributed by atoms with Gasteiger partial charge in [0.05, 0.1) is 7.11 Å². The zero-order chi connectivity index (χ0) is 23.5. The highest BCUT2D eigenvalue weighted by molar-refractivity contribution is 5.84. The second-order valence-electron chi connectivity index (χ2n) is 8.18. The predicted molar refractivity (Wildman–Crippen MR) is 119 cm³/mol. The number of ether oxygens (including phenoxy) is 1. The van der Waals surface area contributed by atoms with Crippen molar-refractivity contribution in [2.45, 2.75) is 116 Å². The van der Waals surface area contributed by atoms with Crippen molar-refractivity contribution < 1.29 is 29.0 Å². The summed E-state index contributed by atoms with van der Waals surface area (Å²) >= 11 is 0. The predicted octanol–water partition coefficient (Wildman–Crippen LogP) is 3.71. The third-order valence-corrected chi connectivity index (χ3v) is 5.24. The Labute approximate surface area is 186 Å². The lowest BCUT2D eigenvalue weighted by Gasteiger charge is -2.11. The minimum absolute atomic E-state index is 0.103. The van der Waals surface area contributed by atoms with Gasteiger partial charge in [0, 0.05) is 12.8 Å². The van der Waals surface area contributed by atoms with E-state index in [1.165, 1.54) is 52.6 Å². The molecule has 0 radical (unpaired) electrons. The Bertz CT molecular complexity index is 538. The third kappa shape index (κ3) is 17.3. The molecule has 0 spiro atoms. The Balaban J connectivity index is 3.37. The number of carbonyl (C=O) groups is 4. The maximum atomic E-state index is 11.7. The average molecular weight is 443 g/mol. The van der Waals surface area contributed by atoms with Gasteiger partial charge in [-0.3, -0.25) is 14.4 Å². The number of carbonyl (C=O) groups excluding carboxylic acids is 3. The first-order valence-corrected chi connectivity index (χ1v) is 11.7. The fourth-order valence-electron chi connectivity index (χ4n) is 3.26. The van der Waals surface area contributed by atoms with Gasteiger partial charge in [0.1, 0.15) is 12.1 Å². The Morgan fingerprint density at radius 1 is 0.645 bits per heavy atom. The summed E-state index contributed by atoms with van der Waals surface area (Å²) in [5.41, 5.74) is 0. The van der Waals surface area contributed by atoms with Crippen molar-refractivity contribution in [3.05, 3.63) is 0 Å². The fraction of sp³-hybridized carbons (Fsp3) is 0.826. The Morgan fingerprint density at radius 2 is 0.968 bits per heavy atom. The summed E-state index contributed by atoms with van der Waals surface area (Å²) in [6, 6.07) is -1.42. The fourth-order valence-corrected chi connectivity index (χ4v) is 3.26. The summed E-state index contributed by atoms with van der Waals surface area (Å²) < 4.78 is 4.58. The number of nitrogens with one attached hydrogen (secondary N) is 2. The van der Waals surface area contributed by atoms with Crippen LogP contribution in [0.1, 0.15) is 104 Å². The van der Waals surface area contributed by atoms with Gasteiger partial charge in [-0.1, -0.05) is 64.2 Å². The van der Waals surface area contributed by atoms with Gasteiger partial charge in [-0.25, -0.2) is 4.79 Å². The summed E-state index contributed by atoms with van der Waals surface area (Å²) in [5.74, 6) is -1.73. The monoisotopic (exact) mass is 442 g/mol. The van der Waals surface area contributed by atoms with Crippen LogP contribution in [-0.2, 0) is 23.9 Å². The van der Waals surface area contributed by atoms with Crippen LogP contribution in [0.2, 0.25) is 0 Å². The summed E-state index contributed by atoms with van der Waals surface area (Å²) in [4.78, 5) is 45.2. The quantitative estimate of drug-likeness (QED) is 0.207. The SMILES string of the molecule is COC(=O)C(C)NC(=O)CCCCCCCCCCCCCCC(=O)NC(C)C(=O)O. The number of carboxylic acid groups (broad SMARTS) is 1. The standard InChI is InChI=1S/C23H42N2O6/c1-18(22(28)29)24-20(26)16-14-12-10-8-6-4-5-7-9-11-13-15-17-21(27)25-19(2)23(30)31-3/h18-19H,4-17H2,1-3H3,(H,24,26)(H,25,27)(H,28,29). The Kier molecular flexibility index (Phi) is 17.4. The molecule has 3 N–H and O–H groups in total. The topological polar surface area (TPSA) is 122 Å². The number of methoxy groups -OCH3 is 1. The molecule has 8 heteroatoms. The van der Waals surface area contributed by atoms with Crippen LogP contribution in [0, 0.1) is 0 Å². The van der Waals surface area contributed by atoms with Crippen LogP contribution >= 0.6 is 0 Å². The number of esters is 1. The molecule has 8 nitrogen and oxygen atoms in total. The number of rotatable bonds is 19. The molecule has 0 heterocycles. The van der Waals surface area contributed by atoms with Crippen LogP contribution in [0.5, 0.6) is 0 Å². The zero-order valence-corrected chi connectivity index (χ0v) is 19.5. The molecule has 0 aliphatic carbocycles. The van der Waals surface area contributed by atoms with E-state index in [2.05, 4.69) is 15.4 Å². The molecule has 0 fully saturated rings. The molecule has 31 heavy (non-hydrogen) atoms. The van der Waals surface area contributed by atoms with Crippen molar-refractivity contribution in [3.63, 3.8) is 0 Å². The molecule has 0 saturated carbocycles. The summed E-state index contributed by atoms with van der Waals surface area (Å²) in [5, 5.41) is 13.8. The normalized spacial score (nSPS) is 12.6. The molecule has 0 aromatic rings. The van der Waals surface area contributed by atoms with Gasteiger partial charge in [-0.15, -0.1) is 0 Å². The largest absolute Gasteiger partial charge is 0.480 e. The highest BCUT2D eigenvalue weighted by Crippen LogP contribution is 2.13. The van der Waals surface area contributed by atoms with Crippen molar-refractivity contribution in [2.24, 2.45) is 0 Å². The second kappa shape index (κ2) is 18.6. The van der Waals surface area contributed by atoms with Gasteiger partial charge < -0.3 is 20.5 Å². The van der Waals surface area contributed by atoms with E-state index in [9.17, 15) is 19.2 Å². The maximum absolute atomic E-state index is 11.7. The molecule has 2 amide bonds. The lowest BCUT2D eigenvalue weighted by Crippen LogP contribution is -2.38. The lowest BCUT2D eigenvalue weighted by atomic mass is 10.0. The van der Waals surface area contributed by atoms with Crippen LogP contribution < -0.4 is 10.6 Å². The van der Waals surface area contributed by atoms with E-state index in [-0.39, 0.29) is 11.8 Å². The van der Waals surface area contributed by atoms with Crippen LogP contribution in [0.15, 0.2) is 0 Å². The minimum atomic E-state index is -1.01. The van der Waals surface area contributed by atoms with E-state index < -0.39 is 24.0 Å². The Morgan fingerprint density at radius 3 is 1.29 bits per heavy atom. The van der Waals surface area contributed by atoms with Crippen molar-refractivity contribution >= 4 is 23.8 Å². The Hall–Kier alpha value is -2.12. The van der Waals surface area contributed by atoms with Gasteiger partial charge in [-0.05, 0) is 26.7 Å². The number of unbranched alkanes of at least 4 members (excludes halogenated alkanes) is 11. The molecule has 0 bridgehead atoms. The highest BCUT2D eigenvalue weighted by atomic mass is 16.5. The van der Waals surface area contributed by atoms with Crippen molar-refractivity contribution in [3.8, 4) is 0 Å². The smallest absolute Gasteiger partial charge is 0.328 e. The minimum Gasteiger partial charge on any atom is -0.480 e. The highest BCUT2D eigenvalue weighted by Gasteiger charge is 2.15. The number of hydrogen-bond acceptors (Lipinski definition) is 5. The van der Waals surface area contributed by atoms with E-state index in [0.29, 0.717) is 12.8 Å². The number of hydrogen-bond donors (Lipinski definition) is 3. The summed E-state index contributed by atoms with van der Waals surface area (Å²) in [6.07, 6.45) is 14.0. The van der Waals surface area contributed by atoms with Crippen LogP contribution in [-0.4, -0.2) is 48.1 Å². The number of aliphatic carboxylic acids is 1. The van der Waals surface area contributed by atoms with Gasteiger partial charge in [0.15, 0.2) is 0 Å². The van der Waals surface area contributed by atoms with E-state index in [4.69, 9.17) is 5.11 Å². The first-order chi connectivity index (χ1) is 14.8. The summed E-state index contributed by atoms with van der Waals surface area (Å²) in [7, 11) is 1.31. The molecular weight excluding hydrogens is 400 g/mol. The van der Waals surface area contributed by atoms with Crippen molar-refractivity contribution in [2.75, 3.05) is 7.11 Å². The molecule has 0 saturated heterocycles. The lowest BCUT2D eigenvalue weighted by molar-refractivity contribution is -0.144. The molecule has 180 valence electrons. The molecule has 0 aromatic carbocycles. The van der Waals surface area contributed by atoms with Crippen LogP contribution in [0.3, 0.4) is 0 Å². The van der Waals surface area contributed by atoms with Gasteiger partial charge >= 0.3 is 11.9 Å². The maximum Gasteiger partial charge on any atom is 0.328 e. The average Bonchev–Trinajstić information content (AvgIpc) is 2.72. The first kappa shape index (κ1) is 28.9. The summed E-state index contributed by atoms with van der Waals surface area (Å²) in [6.45, 7) is 3.09. The van der Waals surface area contributed by atoms with Crippen LogP contribution in [0.4, 0.5) is 0 Å². The van der Waals surface area contributed by atoms with E-state index in [1.807, 2.05) is 0 Å². The van der Waals surface area contributed by atoms with Gasteiger partial charge in [0.2, 0.25) is 11.8 Å². The molecule has 2 unspecified atom stereocenters. The van der Waals surface area contributed by atoms with Gasteiger partial charge in [0.25, 0.3) is 0 Å². The molecular formula is C23H42N2O6.